The van der Waals surface area contributed by atoms with Gasteiger partial charge in [-0.05, 0) is 40.1 Å². The first-order valence-electron chi connectivity index (χ1n) is 11.3. The van der Waals surface area contributed by atoms with Crippen molar-refractivity contribution in [2.24, 2.45) is 0 Å². The summed E-state index contributed by atoms with van der Waals surface area (Å²) in [5.41, 5.74) is 8.93. The first-order valence-corrected chi connectivity index (χ1v) is 11.3. The first-order chi connectivity index (χ1) is 17.3. The molecular weight excluding hydrogens is 434 g/mol. The SMILES string of the molecule is c1ccc(-c2cc(NCc3ccc(-c4ccccc4-c4nn[nH]n4)cc3)c3ncccc3n2)cc1. The zero-order valence-corrected chi connectivity index (χ0v) is 18.8. The number of hydrogen-bond donors (Lipinski definition) is 2. The number of benzene rings is 3. The number of H-pyrrole nitrogens is 1. The molecule has 2 N–H and O–H groups in total. The van der Waals surface area contributed by atoms with Gasteiger partial charge < -0.3 is 5.32 Å². The largest absolute Gasteiger partial charge is 0.379 e. The molecule has 0 amide bonds. The fourth-order valence-corrected chi connectivity index (χ4v) is 4.16. The lowest BCUT2D eigenvalue weighted by atomic mass is 9.98. The van der Waals surface area contributed by atoms with Crippen molar-refractivity contribution in [2.75, 3.05) is 5.32 Å². The van der Waals surface area contributed by atoms with Gasteiger partial charge in [-0.1, -0.05) is 78.9 Å². The minimum atomic E-state index is 0.581. The zero-order chi connectivity index (χ0) is 23.5. The number of hydrogen-bond acceptors (Lipinski definition) is 6. The Kier molecular flexibility index (Phi) is 5.41. The van der Waals surface area contributed by atoms with Crippen molar-refractivity contribution in [1.82, 2.24) is 30.6 Å². The molecule has 168 valence electrons. The molecule has 0 saturated carbocycles. The van der Waals surface area contributed by atoms with Crippen molar-refractivity contribution in [3.05, 3.63) is 109 Å². The Hall–Kier alpha value is -4.91. The summed E-state index contributed by atoms with van der Waals surface area (Å²) in [5.74, 6) is 0.581. The second-order valence-corrected chi connectivity index (χ2v) is 8.12. The minimum absolute atomic E-state index is 0.581. The fourth-order valence-electron chi connectivity index (χ4n) is 4.16. The van der Waals surface area contributed by atoms with Crippen molar-refractivity contribution < 1.29 is 0 Å². The number of rotatable bonds is 6. The molecule has 0 spiro atoms. The van der Waals surface area contributed by atoms with E-state index in [-0.39, 0.29) is 0 Å². The summed E-state index contributed by atoms with van der Waals surface area (Å²) in [7, 11) is 0. The van der Waals surface area contributed by atoms with Crippen LogP contribution in [0.25, 0.3) is 44.8 Å². The maximum absolute atomic E-state index is 4.82. The minimum Gasteiger partial charge on any atom is -0.379 e. The molecule has 6 aromatic rings. The standard InChI is InChI=1S/C28H21N7/c1-2-7-21(8-3-1)25-17-26(27-24(31-25)11-6-16-29-27)30-18-19-12-14-20(15-13-19)22-9-4-5-10-23(22)28-32-34-35-33-28/h1-17H,18H2,(H,30,31)(H,32,33,34,35). The van der Waals surface area contributed by atoms with Gasteiger partial charge in [-0.25, -0.2) is 4.98 Å². The van der Waals surface area contributed by atoms with E-state index in [1.165, 1.54) is 0 Å². The Morgan fingerprint density at radius 2 is 1.54 bits per heavy atom. The molecule has 0 aliphatic rings. The quantitative estimate of drug-likeness (QED) is 0.332. The Morgan fingerprint density at radius 3 is 2.34 bits per heavy atom. The number of anilines is 1. The smallest absolute Gasteiger partial charge is 0.205 e. The fraction of sp³-hybridized carbons (Fsp3) is 0.0357. The van der Waals surface area contributed by atoms with E-state index in [1.54, 1.807) is 6.20 Å². The van der Waals surface area contributed by atoms with Crippen LogP contribution in [-0.4, -0.2) is 30.6 Å². The molecule has 0 aliphatic heterocycles. The summed E-state index contributed by atoms with van der Waals surface area (Å²) in [6.45, 7) is 0.663. The molecule has 0 aliphatic carbocycles. The van der Waals surface area contributed by atoms with Crippen LogP contribution in [0.5, 0.6) is 0 Å². The molecule has 35 heavy (non-hydrogen) atoms. The topological polar surface area (TPSA) is 92.3 Å². The summed E-state index contributed by atoms with van der Waals surface area (Å²) in [4.78, 5) is 9.39. The Bertz CT molecular complexity index is 1580. The third-order valence-corrected chi connectivity index (χ3v) is 5.89. The number of fused-ring (bicyclic) bond motifs is 1. The summed E-state index contributed by atoms with van der Waals surface area (Å²) < 4.78 is 0. The first kappa shape index (κ1) is 20.7. The molecule has 3 heterocycles. The molecule has 0 atom stereocenters. The summed E-state index contributed by atoms with van der Waals surface area (Å²) in [6, 6.07) is 32.7. The van der Waals surface area contributed by atoms with Crippen molar-refractivity contribution >= 4 is 16.7 Å². The molecule has 3 aromatic heterocycles. The lowest BCUT2D eigenvalue weighted by molar-refractivity contribution is 0.881. The molecule has 3 aromatic carbocycles. The highest BCUT2D eigenvalue weighted by molar-refractivity contribution is 5.90. The number of tetrazole rings is 1. The lowest BCUT2D eigenvalue weighted by Crippen LogP contribution is -2.02. The van der Waals surface area contributed by atoms with Gasteiger partial charge in [0.1, 0.15) is 5.52 Å². The second-order valence-electron chi connectivity index (χ2n) is 8.12. The number of pyridine rings is 2. The summed E-state index contributed by atoms with van der Waals surface area (Å²) >= 11 is 0. The number of aromatic amines is 1. The van der Waals surface area contributed by atoms with Gasteiger partial charge in [0.25, 0.3) is 0 Å². The molecular formula is C28H21N7. The molecule has 0 fully saturated rings. The van der Waals surface area contributed by atoms with Crippen LogP contribution >= 0.6 is 0 Å². The van der Waals surface area contributed by atoms with Crippen molar-refractivity contribution in [3.63, 3.8) is 0 Å². The van der Waals surface area contributed by atoms with E-state index < -0.39 is 0 Å². The van der Waals surface area contributed by atoms with Gasteiger partial charge in [0, 0.05) is 23.9 Å². The highest BCUT2D eigenvalue weighted by Crippen LogP contribution is 2.30. The van der Waals surface area contributed by atoms with Gasteiger partial charge in [0.05, 0.1) is 16.9 Å². The molecule has 0 saturated heterocycles. The molecule has 6 rings (SSSR count). The third-order valence-electron chi connectivity index (χ3n) is 5.89. The molecule has 0 unspecified atom stereocenters. The third kappa shape index (κ3) is 4.22. The van der Waals surface area contributed by atoms with E-state index in [0.29, 0.717) is 12.4 Å². The van der Waals surface area contributed by atoms with Gasteiger partial charge in [0.15, 0.2) is 0 Å². The Morgan fingerprint density at radius 1 is 0.743 bits per heavy atom. The molecule has 0 bridgehead atoms. The van der Waals surface area contributed by atoms with Gasteiger partial charge in [-0.3, -0.25) is 4.98 Å². The van der Waals surface area contributed by atoms with Crippen LogP contribution in [0.1, 0.15) is 5.56 Å². The van der Waals surface area contributed by atoms with Crippen LogP contribution in [0.2, 0.25) is 0 Å². The van der Waals surface area contributed by atoms with Gasteiger partial charge in [0.2, 0.25) is 5.82 Å². The normalized spacial score (nSPS) is 11.0. The number of aromatic nitrogens is 6. The van der Waals surface area contributed by atoms with Crippen LogP contribution in [0.4, 0.5) is 5.69 Å². The van der Waals surface area contributed by atoms with Gasteiger partial charge >= 0.3 is 0 Å². The highest BCUT2D eigenvalue weighted by atomic mass is 15.5. The number of nitrogens with one attached hydrogen (secondary N) is 2. The maximum Gasteiger partial charge on any atom is 0.205 e. The highest BCUT2D eigenvalue weighted by Gasteiger charge is 2.11. The summed E-state index contributed by atoms with van der Waals surface area (Å²) in [5, 5.41) is 18.1. The van der Waals surface area contributed by atoms with Crippen LogP contribution in [0.3, 0.4) is 0 Å². The van der Waals surface area contributed by atoms with E-state index in [2.05, 4.69) is 79.5 Å². The van der Waals surface area contributed by atoms with Crippen LogP contribution in [0, 0.1) is 0 Å². The van der Waals surface area contributed by atoms with Crippen molar-refractivity contribution in [1.29, 1.82) is 0 Å². The average Bonchev–Trinajstić information content (AvgIpc) is 3.47. The van der Waals surface area contributed by atoms with E-state index >= 15 is 0 Å². The molecule has 7 nitrogen and oxygen atoms in total. The van der Waals surface area contributed by atoms with E-state index in [1.807, 2.05) is 48.5 Å². The molecule has 0 radical (unpaired) electrons. The predicted octanol–water partition coefficient (Wildman–Crippen LogP) is 5.76. The van der Waals surface area contributed by atoms with Gasteiger partial charge in [-0.2, -0.15) is 5.21 Å². The maximum atomic E-state index is 4.82. The molecule has 7 heteroatoms. The van der Waals surface area contributed by atoms with Crippen LogP contribution < -0.4 is 5.32 Å². The van der Waals surface area contributed by atoms with E-state index in [0.717, 1.165) is 50.2 Å². The predicted molar refractivity (Wildman–Crippen MR) is 137 cm³/mol. The van der Waals surface area contributed by atoms with E-state index in [9.17, 15) is 0 Å². The van der Waals surface area contributed by atoms with E-state index in [4.69, 9.17) is 4.98 Å². The average molecular weight is 456 g/mol. The summed E-state index contributed by atoms with van der Waals surface area (Å²) in [6.07, 6.45) is 1.80. The van der Waals surface area contributed by atoms with Crippen LogP contribution in [0.15, 0.2) is 103 Å². The zero-order valence-electron chi connectivity index (χ0n) is 18.8. The lowest BCUT2D eigenvalue weighted by Gasteiger charge is -2.12. The number of nitrogens with zero attached hydrogens (tertiary/aromatic N) is 5. The van der Waals surface area contributed by atoms with Crippen molar-refractivity contribution in [3.8, 4) is 33.8 Å². The Balaban J connectivity index is 1.27. The van der Waals surface area contributed by atoms with Gasteiger partial charge in [-0.15, -0.1) is 10.2 Å². The second kappa shape index (κ2) is 9.15. The van der Waals surface area contributed by atoms with Crippen LogP contribution in [-0.2, 0) is 6.54 Å². The monoisotopic (exact) mass is 455 g/mol. The Labute approximate surface area is 201 Å². The van der Waals surface area contributed by atoms with Crippen molar-refractivity contribution in [2.45, 2.75) is 6.54 Å².